The summed E-state index contributed by atoms with van der Waals surface area (Å²) < 4.78 is 25.0. The summed E-state index contributed by atoms with van der Waals surface area (Å²) in [7, 11) is 0. The molecule has 15 heavy (non-hydrogen) atoms. The maximum atomic E-state index is 12.5. The monoisotopic (exact) mass is 227 g/mol. The Balaban J connectivity index is 2.48. The third kappa shape index (κ3) is 4.80. The Labute approximate surface area is 92.1 Å². The minimum Gasteiger partial charge on any atom is -0.207 e. The van der Waals surface area contributed by atoms with E-state index in [2.05, 4.69) is 0 Å². The summed E-state index contributed by atoms with van der Waals surface area (Å²) in [5.41, 5.74) is 0.559. The zero-order valence-electron chi connectivity index (χ0n) is 8.34. The van der Waals surface area contributed by atoms with Gasteiger partial charge in [0, 0.05) is 17.1 Å². The van der Waals surface area contributed by atoms with Gasteiger partial charge in [0.05, 0.1) is 11.6 Å². The number of thioether (sulfide) groups is 1. The van der Waals surface area contributed by atoms with Crippen molar-refractivity contribution in [3.05, 3.63) is 29.8 Å². The Kier molecular flexibility index (Phi) is 4.10. The van der Waals surface area contributed by atoms with Gasteiger partial charge in [-0.05, 0) is 25.1 Å². The summed E-state index contributed by atoms with van der Waals surface area (Å²) in [4.78, 5) is 0.860. The second-order valence-electron chi connectivity index (χ2n) is 3.31. The van der Waals surface area contributed by atoms with Crippen LogP contribution in [-0.4, -0.2) is 11.7 Å². The molecule has 0 amide bonds. The average molecular weight is 227 g/mol. The molecule has 0 aliphatic carbocycles. The number of rotatable bonds is 4. The quantitative estimate of drug-likeness (QED) is 0.732. The van der Waals surface area contributed by atoms with Crippen LogP contribution in [0.5, 0.6) is 0 Å². The van der Waals surface area contributed by atoms with E-state index in [9.17, 15) is 8.78 Å². The fourth-order valence-corrected chi connectivity index (χ4v) is 2.08. The summed E-state index contributed by atoms with van der Waals surface area (Å²) in [6.45, 7) is 0.916. The van der Waals surface area contributed by atoms with Gasteiger partial charge in [-0.25, -0.2) is 8.78 Å². The number of benzene rings is 1. The molecule has 1 nitrogen and oxygen atoms in total. The molecular formula is C11H11F2NS. The van der Waals surface area contributed by atoms with Crippen molar-refractivity contribution in [1.29, 1.82) is 5.26 Å². The average Bonchev–Trinajstić information content (AvgIpc) is 2.16. The molecule has 0 aromatic heterocycles. The Morgan fingerprint density at radius 1 is 1.47 bits per heavy atom. The minimum atomic E-state index is -2.61. The van der Waals surface area contributed by atoms with Crippen molar-refractivity contribution in [2.75, 3.05) is 5.75 Å². The maximum Gasteiger partial charge on any atom is 0.246 e. The summed E-state index contributed by atoms with van der Waals surface area (Å²) >= 11 is 1.35. The van der Waals surface area contributed by atoms with Crippen molar-refractivity contribution in [3.8, 4) is 6.07 Å². The normalized spacial score (nSPS) is 11.1. The number of alkyl halides is 2. The van der Waals surface area contributed by atoms with Crippen LogP contribution in [0.15, 0.2) is 29.2 Å². The Morgan fingerprint density at radius 3 is 2.80 bits per heavy atom. The largest absolute Gasteiger partial charge is 0.246 e. The summed E-state index contributed by atoms with van der Waals surface area (Å²) in [5, 5.41) is 8.64. The molecule has 0 saturated carbocycles. The smallest absolute Gasteiger partial charge is 0.207 e. The van der Waals surface area contributed by atoms with E-state index in [0.717, 1.165) is 11.8 Å². The molecule has 1 aromatic carbocycles. The van der Waals surface area contributed by atoms with Gasteiger partial charge in [0.15, 0.2) is 0 Å². The number of nitrogens with zero attached hydrogens (tertiary/aromatic N) is 1. The standard InChI is InChI=1S/C11H11F2NS/c1-11(12,13)5-6-15-10-4-2-3-9(7-10)8-14/h2-4,7H,5-6H2,1H3. The molecule has 0 aliphatic rings. The zero-order valence-corrected chi connectivity index (χ0v) is 9.15. The van der Waals surface area contributed by atoms with E-state index in [-0.39, 0.29) is 6.42 Å². The predicted molar refractivity (Wildman–Crippen MR) is 57.1 cm³/mol. The Bertz CT molecular complexity index is 366. The van der Waals surface area contributed by atoms with E-state index in [4.69, 9.17) is 5.26 Å². The van der Waals surface area contributed by atoms with Crippen LogP contribution in [0.1, 0.15) is 18.9 Å². The van der Waals surface area contributed by atoms with Gasteiger partial charge in [0.1, 0.15) is 0 Å². The molecule has 1 rings (SSSR count). The predicted octanol–water partition coefficient (Wildman–Crippen LogP) is 3.70. The van der Waals surface area contributed by atoms with Crippen LogP contribution >= 0.6 is 11.8 Å². The Morgan fingerprint density at radius 2 is 2.20 bits per heavy atom. The number of hydrogen-bond acceptors (Lipinski definition) is 2. The molecule has 0 aliphatic heterocycles. The molecule has 0 heterocycles. The SMILES string of the molecule is CC(F)(F)CCSc1cccc(C#N)c1. The highest BCUT2D eigenvalue weighted by atomic mass is 32.2. The lowest BCUT2D eigenvalue weighted by Gasteiger charge is -2.08. The first kappa shape index (κ1) is 12.0. The van der Waals surface area contributed by atoms with Gasteiger partial charge in [-0.1, -0.05) is 6.07 Å². The molecule has 1 aromatic rings. The summed E-state index contributed by atoms with van der Waals surface area (Å²) in [6.07, 6.45) is -0.144. The highest BCUT2D eigenvalue weighted by Crippen LogP contribution is 2.25. The van der Waals surface area contributed by atoms with E-state index in [1.165, 1.54) is 11.8 Å². The van der Waals surface area contributed by atoms with E-state index >= 15 is 0 Å². The maximum absolute atomic E-state index is 12.5. The van der Waals surface area contributed by atoms with Gasteiger partial charge < -0.3 is 0 Å². The van der Waals surface area contributed by atoms with Gasteiger partial charge in [-0.3, -0.25) is 0 Å². The topological polar surface area (TPSA) is 23.8 Å². The summed E-state index contributed by atoms with van der Waals surface area (Å²) in [5.74, 6) is -2.25. The second kappa shape index (κ2) is 5.13. The van der Waals surface area contributed by atoms with Gasteiger partial charge in [-0.15, -0.1) is 11.8 Å². The van der Waals surface area contributed by atoms with Crippen LogP contribution in [0, 0.1) is 11.3 Å². The van der Waals surface area contributed by atoms with Crippen LogP contribution in [0.25, 0.3) is 0 Å². The van der Waals surface area contributed by atoms with Crippen LogP contribution in [0.2, 0.25) is 0 Å². The number of halogens is 2. The van der Waals surface area contributed by atoms with Gasteiger partial charge in [0.25, 0.3) is 0 Å². The Hall–Kier alpha value is -1.08. The highest BCUT2D eigenvalue weighted by Gasteiger charge is 2.19. The molecule has 0 radical (unpaired) electrons. The molecule has 0 fully saturated rings. The van der Waals surface area contributed by atoms with E-state index in [0.29, 0.717) is 11.3 Å². The molecule has 4 heteroatoms. The zero-order chi connectivity index (χ0) is 11.3. The van der Waals surface area contributed by atoms with Crippen LogP contribution in [0.4, 0.5) is 8.78 Å². The van der Waals surface area contributed by atoms with Crippen LogP contribution in [0.3, 0.4) is 0 Å². The molecule has 0 N–H and O–H groups in total. The van der Waals surface area contributed by atoms with Crippen molar-refractivity contribution in [2.45, 2.75) is 24.2 Å². The first-order valence-corrected chi connectivity index (χ1v) is 5.50. The van der Waals surface area contributed by atoms with E-state index < -0.39 is 5.92 Å². The van der Waals surface area contributed by atoms with E-state index in [1.807, 2.05) is 12.1 Å². The van der Waals surface area contributed by atoms with Gasteiger partial charge in [-0.2, -0.15) is 5.26 Å². The van der Waals surface area contributed by atoms with Gasteiger partial charge >= 0.3 is 0 Å². The molecule has 0 atom stereocenters. The minimum absolute atomic E-state index is 0.144. The second-order valence-corrected chi connectivity index (χ2v) is 4.48. The van der Waals surface area contributed by atoms with Gasteiger partial charge in [0.2, 0.25) is 5.92 Å². The van der Waals surface area contributed by atoms with Crippen molar-refractivity contribution in [2.24, 2.45) is 0 Å². The first-order chi connectivity index (χ1) is 7.01. The third-order valence-corrected chi connectivity index (χ3v) is 2.77. The fraction of sp³-hybridized carbons (Fsp3) is 0.364. The lowest BCUT2D eigenvalue weighted by molar-refractivity contribution is 0.0194. The molecule has 80 valence electrons. The number of hydrogen-bond donors (Lipinski definition) is 0. The third-order valence-electron chi connectivity index (χ3n) is 1.77. The molecule has 0 spiro atoms. The lowest BCUT2D eigenvalue weighted by Crippen LogP contribution is -2.10. The number of nitriles is 1. The van der Waals surface area contributed by atoms with Crippen molar-refractivity contribution in [3.63, 3.8) is 0 Å². The fourth-order valence-electron chi connectivity index (χ4n) is 1.00. The van der Waals surface area contributed by atoms with Crippen molar-refractivity contribution in [1.82, 2.24) is 0 Å². The molecular weight excluding hydrogens is 216 g/mol. The van der Waals surface area contributed by atoms with Crippen LogP contribution < -0.4 is 0 Å². The van der Waals surface area contributed by atoms with Crippen LogP contribution in [-0.2, 0) is 0 Å². The first-order valence-electron chi connectivity index (χ1n) is 4.52. The van der Waals surface area contributed by atoms with E-state index in [1.54, 1.807) is 18.2 Å². The molecule has 0 bridgehead atoms. The van der Waals surface area contributed by atoms with Crippen molar-refractivity contribution < 1.29 is 8.78 Å². The van der Waals surface area contributed by atoms with Crippen molar-refractivity contribution >= 4 is 11.8 Å². The highest BCUT2D eigenvalue weighted by molar-refractivity contribution is 7.99. The molecule has 0 unspecified atom stereocenters. The molecule has 0 saturated heterocycles. The lowest BCUT2D eigenvalue weighted by atomic mass is 10.2. The summed E-state index contributed by atoms with van der Waals surface area (Å²) in [6, 6.07) is 8.99.